The van der Waals surface area contributed by atoms with Crippen molar-refractivity contribution in [2.45, 2.75) is 38.1 Å². The first-order valence-corrected chi connectivity index (χ1v) is 9.38. The minimum atomic E-state index is -3.75. The predicted octanol–water partition coefficient (Wildman–Crippen LogP) is 1.32. The number of carboxylic acids is 1. The number of aliphatic carboxylic acids is 1. The van der Waals surface area contributed by atoms with E-state index in [1.54, 1.807) is 20.8 Å². The molecule has 2 N–H and O–H groups in total. The third-order valence-electron chi connectivity index (χ3n) is 3.77. The third kappa shape index (κ3) is 4.70. The van der Waals surface area contributed by atoms with Crippen molar-refractivity contribution in [2.24, 2.45) is 0 Å². The molecule has 0 aromatic heterocycles. The quantitative estimate of drug-likeness (QED) is 0.676. The first-order valence-electron chi connectivity index (χ1n) is 7.94. The maximum Gasteiger partial charge on any atom is 0.326 e. The molecule has 0 fully saturated rings. The second-order valence-electron chi connectivity index (χ2n) is 5.22. The summed E-state index contributed by atoms with van der Waals surface area (Å²) in [6, 6.07) is 2.88. The van der Waals surface area contributed by atoms with Crippen LogP contribution in [0.3, 0.4) is 0 Å². The van der Waals surface area contributed by atoms with E-state index in [0.717, 1.165) is 0 Å². The number of carbonyl (C=O) groups is 2. The van der Waals surface area contributed by atoms with Crippen LogP contribution < -0.4 is 10.1 Å². The van der Waals surface area contributed by atoms with Crippen LogP contribution in [-0.2, 0) is 14.8 Å². The molecule has 25 heavy (non-hydrogen) atoms. The van der Waals surface area contributed by atoms with Crippen molar-refractivity contribution in [1.29, 1.82) is 0 Å². The summed E-state index contributed by atoms with van der Waals surface area (Å²) < 4.78 is 31.6. The van der Waals surface area contributed by atoms with Gasteiger partial charge in [-0.3, -0.25) is 4.79 Å². The van der Waals surface area contributed by atoms with E-state index in [2.05, 4.69) is 5.32 Å². The number of carbonyl (C=O) groups excluding carboxylic acids is 1. The van der Waals surface area contributed by atoms with Crippen LogP contribution in [-0.4, -0.2) is 55.9 Å². The number of carboxylic acid groups (broad SMARTS) is 1. The molecule has 1 aromatic rings. The molecular formula is C16H24N2O6S. The van der Waals surface area contributed by atoms with Crippen molar-refractivity contribution in [3.8, 4) is 5.75 Å². The molecular weight excluding hydrogens is 348 g/mol. The van der Waals surface area contributed by atoms with E-state index in [9.17, 15) is 18.0 Å². The highest BCUT2D eigenvalue weighted by Crippen LogP contribution is 2.24. The molecule has 0 spiro atoms. The van der Waals surface area contributed by atoms with E-state index in [1.165, 1.54) is 29.6 Å². The topological polar surface area (TPSA) is 113 Å². The van der Waals surface area contributed by atoms with Crippen molar-refractivity contribution in [3.05, 3.63) is 23.8 Å². The lowest BCUT2D eigenvalue weighted by Crippen LogP contribution is -2.40. The van der Waals surface area contributed by atoms with Gasteiger partial charge in [-0.1, -0.05) is 20.8 Å². The molecule has 0 radical (unpaired) electrons. The molecule has 0 heterocycles. The highest BCUT2D eigenvalue weighted by atomic mass is 32.2. The SMILES string of the molecule is CCC(NC(=O)c1cc(S(=O)(=O)N(CC)CC)ccc1OC)C(=O)O. The fourth-order valence-electron chi connectivity index (χ4n) is 2.31. The zero-order valence-corrected chi connectivity index (χ0v) is 15.6. The largest absolute Gasteiger partial charge is 0.496 e. The monoisotopic (exact) mass is 372 g/mol. The van der Waals surface area contributed by atoms with E-state index >= 15 is 0 Å². The number of nitrogens with zero attached hydrogens (tertiary/aromatic N) is 1. The first kappa shape index (κ1) is 20.9. The minimum absolute atomic E-state index is 0.0320. The Morgan fingerprint density at radius 1 is 1.24 bits per heavy atom. The van der Waals surface area contributed by atoms with Gasteiger partial charge in [-0.2, -0.15) is 4.31 Å². The Kier molecular flexibility index (Phi) is 7.38. The number of ether oxygens (including phenoxy) is 1. The molecule has 0 saturated carbocycles. The van der Waals surface area contributed by atoms with Crippen LogP contribution in [0.2, 0.25) is 0 Å². The first-order chi connectivity index (χ1) is 11.7. The van der Waals surface area contributed by atoms with E-state index < -0.39 is 27.9 Å². The minimum Gasteiger partial charge on any atom is -0.496 e. The van der Waals surface area contributed by atoms with Gasteiger partial charge in [0.15, 0.2) is 0 Å². The average molecular weight is 372 g/mol. The fourth-order valence-corrected chi connectivity index (χ4v) is 3.80. The summed E-state index contributed by atoms with van der Waals surface area (Å²) in [6.07, 6.45) is 0.195. The van der Waals surface area contributed by atoms with Crippen molar-refractivity contribution < 1.29 is 27.9 Å². The molecule has 1 rings (SSSR count). The van der Waals surface area contributed by atoms with Crippen LogP contribution in [0.1, 0.15) is 37.6 Å². The number of benzene rings is 1. The molecule has 0 aliphatic rings. The summed E-state index contributed by atoms with van der Waals surface area (Å²) in [4.78, 5) is 23.5. The molecule has 1 amide bonds. The van der Waals surface area contributed by atoms with Crippen LogP contribution in [0, 0.1) is 0 Å². The molecule has 1 aromatic carbocycles. The van der Waals surface area contributed by atoms with Gasteiger partial charge in [0, 0.05) is 13.1 Å². The number of hydrogen-bond donors (Lipinski definition) is 2. The zero-order chi connectivity index (χ0) is 19.2. The van der Waals surface area contributed by atoms with E-state index in [-0.39, 0.29) is 22.6 Å². The second kappa shape index (κ2) is 8.82. The number of sulfonamides is 1. The summed E-state index contributed by atoms with van der Waals surface area (Å²) in [7, 11) is -2.40. The number of amides is 1. The van der Waals surface area contributed by atoms with Gasteiger partial charge < -0.3 is 15.2 Å². The van der Waals surface area contributed by atoms with Gasteiger partial charge in [0.1, 0.15) is 11.8 Å². The predicted molar refractivity (Wildman–Crippen MR) is 92.3 cm³/mol. The lowest BCUT2D eigenvalue weighted by atomic mass is 10.1. The molecule has 0 aliphatic carbocycles. The van der Waals surface area contributed by atoms with Crippen LogP contribution in [0.4, 0.5) is 0 Å². The van der Waals surface area contributed by atoms with Gasteiger partial charge in [0.25, 0.3) is 5.91 Å². The maximum atomic E-state index is 12.6. The van der Waals surface area contributed by atoms with Crippen LogP contribution in [0.5, 0.6) is 5.75 Å². The number of nitrogens with one attached hydrogen (secondary N) is 1. The van der Waals surface area contributed by atoms with Crippen molar-refractivity contribution in [3.63, 3.8) is 0 Å². The summed E-state index contributed by atoms with van der Waals surface area (Å²) in [5, 5.41) is 11.4. The Balaban J connectivity index is 3.32. The van der Waals surface area contributed by atoms with E-state index in [0.29, 0.717) is 13.1 Å². The maximum absolute atomic E-state index is 12.6. The smallest absolute Gasteiger partial charge is 0.326 e. The third-order valence-corrected chi connectivity index (χ3v) is 5.82. The summed E-state index contributed by atoms with van der Waals surface area (Å²) in [5.74, 6) is -1.71. The molecule has 1 unspecified atom stereocenters. The second-order valence-corrected chi connectivity index (χ2v) is 7.16. The highest BCUT2D eigenvalue weighted by molar-refractivity contribution is 7.89. The Labute approximate surface area is 147 Å². The molecule has 8 nitrogen and oxygen atoms in total. The highest BCUT2D eigenvalue weighted by Gasteiger charge is 2.26. The number of hydrogen-bond acceptors (Lipinski definition) is 5. The standard InChI is InChI=1S/C16H24N2O6S/c1-5-13(16(20)21)17-15(19)12-10-11(8-9-14(12)24-4)25(22,23)18(6-2)7-3/h8-10,13H,5-7H2,1-4H3,(H,17,19)(H,20,21). The number of rotatable bonds is 9. The molecule has 140 valence electrons. The Bertz CT molecular complexity index is 728. The molecule has 9 heteroatoms. The van der Waals surface area contributed by atoms with Gasteiger partial charge in [-0.05, 0) is 24.6 Å². The van der Waals surface area contributed by atoms with Crippen molar-refractivity contribution in [2.75, 3.05) is 20.2 Å². The van der Waals surface area contributed by atoms with Gasteiger partial charge in [-0.15, -0.1) is 0 Å². The Morgan fingerprint density at radius 2 is 1.84 bits per heavy atom. The van der Waals surface area contributed by atoms with Gasteiger partial charge >= 0.3 is 5.97 Å². The summed E-state index contributed by atoms with van der Waals surface area (Å²) >= 11 is 0. The molecule has 0 saturated heterocycles. The molecule has 1 atom stereocenters. The average Bonchev–Trinajstić information content (AvgIpc) is 2.59. The fraction of sp³-hybridized carbons (Fsp3) is 0.500. The summed E-state index contributed by atoms with van der Waals surface area (Å²) in [5.41, 5.74) is -0.0320. The summed E-state index contributed by atoms with van der Waals surface area (Å²) in [6.45, 7) is 5.65. The van der Waals surface area contributed by atoms with Crippen molar-refractivity contribution in [1.82, 2.24) is 9.62 Å². The van der Waals surface area contributed by atoms with E-state index in [1.807, 2.05) is 0 Å². The van der Waals surface area contributed by atoms with Crippen LogP contribution in [0.25, 0.3) is 0 Å². The lowest BCUT2D eigenvalue weighted by molar-refractivity contribution is -0.139. The van der Waals surface area contributed by atoms with Gasteiger partial charge in [0.2, 0.25) is 10.0 Å². The number of methoxy groups -OCH3 is 1. The van der Waals surface area contributed by atoms with Gasteiger partial charge in [-0.25, -0.2) is 13.2 Å². The van der Waals surface area contributed by atoms with Gasteiger partial charge in [0.05, 0.1) is 17.6 Å². The van der Waals surface area contributed by atoms with Crippen LogP contribution in [0.15, 0.2) is 23.1 Å². The Morgan fingerprint density at radius 3 is 2.28 bits per heavy atom. The Hall–Kier alpha value is -2.13. The van der Waals surface area contributed by atoms with Crippen LogP contribution >= 0.6 is 0 Å². The normalized spacial score (nSPS) is 12.7. The van der Waals surface area contributed by atoms with Crippen molar-refractivity contribution >= 4 is 21.9 Å². The zero-order valence-electron chi connectivity index (χ0n) is 14.8. The lowest BCUT2D eigenvalue weighted by Gasteiger charge is -2.20. The molecule has 0 aliphatic heterocycles. The van der Waals surface area contributed by atoms with E-state index in [4.69, 9.17) is 9.84 Å². The molecule has 0 bridgehead atoms.